The van der Waals surface area contributed by atoms with Gasteiger partial charge in [-0.1, -0.05) is 0 Å². The lowest BCUT2D eigenvalue weighted by Gasteiger charge is -2.31. The standard InChI is InChI=1S/C16H23N3OS/c1-11(18(2)13-3-4-13)9-19-14(12-5-8-21-10-12)17-16(6-7-16)15(19)20/h5,8,10-11,13-14,17H,3-4,6-7,9H2,1-2H3. The number of nitrogens with zero attached hydrogens (tertiary/aromatic N) is 2. The van der Waals surface area contributed by atoms with Crippen LogP contribution in [0.3, 0.4) is 0 Å². The molecule has 1 amide bonds. The van der Waals surface area contributed by atoms with Crippen LogP contribution in [-0.2, 0) is 4.79 Å². The van der Waals surface area contributed by atoms with Crippen LogP contribution in [0.2, 0.25) is 0 Å². The summed E-state index contributed by atoms with van der Waals surface area (Å²) < 4.78 is 0. The summed E-state index contributed by atoms with van der Waals surface area (Å²) in [6.45, 7) is 3.06. The molecule has 0 bridgehead atoms. The number of carbonyl (C=O) groups is 1. The Hall–Kier alpha value is -0.910. The predicted molar refractivity (Wildman–Crippen MR) is 84.1 cm³/mol. The maximum Gasteiger partial charge on any atom is 0.244 e. The number of hydrogen-bond donors (Lipinski definition) is 1. The fourth-order valence-corrected chi connectivity index (χ4v) is 4.09. The molecule has 2 heterocycles. The van der Waals surface area contributed by atoms with Crippen LogP contribution in [0.25, 0.3) is 0 Å². The van der Waals surface area contributed by atoms with E-state index in [1.807, 2.05) is 0 Å². The number of thiophene rings is 1. The molecule has 21 heavy (non-hydrogen) atoms. The van der Waals surface area contributed by atoms with Gasteiger partial charge in [0.25, 0.3) is 0 Å². The molecule has 2 saturated carbocycles. The molecule has 5 heteroatoms. The van der Waals surface area contributed by atoms with Crippen LogP contribution in [0.15, 0.2) is 16.8 Å². The molecule has 0 aromatic carbocycles. The van der Waals surface area contributed by atoms with Gasteiger partial charge in [-0.3, -0.25) is 15.0 Å². The lowest BCUT2D eigenvalue weighted by Crippen LogP contribution is -2.43. The summed E-state index contributed by atoms with van der Waals surface area (Å²) in [6, 6.07) is 3.29. The average Bonchev–Trinajstić information content (AvgIpc) is 3.39. The van der Waals surface area contributed by atoms with Crippen molar-refractivity contribution in [2.75, 3.05) is 13.6 Å². The molecule has 2 unspecified atom stereocenters. The van der Waals surface area contributed by atoms with Gasteiger partial charge in [-0.15, -0.1) is 0 Å². The van der Waals surface area contributed by atoms with Gasteiger partial charge in [-0.2, -0.15) is 11.3 Å². The second-order valence-corrected chi connectivity index (χ2v) is 7.67. The summed E-state index contributed by atoms with van der Waals surface area (Å²) >= 11 is 1.70. The van der Waals surface area contributed by atoms with E-state index in [1.54, 1.807) is 11.3 Å². The Bertz CT molecular complexity index is 536. The Labute approximate surface area is 130 Å². The zero-order valence-electron chi connectivity index (χ0n) is 12.7. The smallest absolute Gasteiger partial charge is 0.244 e. The highest BCUT2D eigenvalue weighted by molar-refractivity contribution is 7.07. The van der Waals surface area contributed by atoms with Gasteiger partial charge < -0.3 is 4.90 Å². The van der Waals surface area contributed by atoms with Crippen molar-refractivity contribution in [1.82, 2.24) is 15.1 Å². The molecule has 114 valence electrons. The molecule has 1 N–H and O–H groups in total. The van der Waals surface area contributed by atoms with Crippen molar-refractivity contribution in [3.63, 3.8) is 0 Å². The van der Waals surface area contributed by atoms with Crippen molar-refractivity contribution in [2.24, 2.45) is 0 Å². The summed E-state index contributed by atoms with van der Waals surface area (Å²) in [5, 5.41) is 7.85. The maximum absolute atomic E-state index is 12.8. The van der Waals surface area contributed by atoms with Crippen molar-refractivity contribution in [1.29, 1.82) is 0 Å². The van der Waals surface area contributed by atoms with Crippen LogP contribution in [-0.4, -0.2) is 46.9 Å². The van der Waals surface area contributed by atoms with Gasteiger partial charge in [0.05, 0.1) is 0 Å². The number of amides is 1. The Morgan fingerprint density at radius 2 is 2.29 bits per heavy atom. The summed E-state index contributed by atoms with van der Waals surface area (Å²) in [5.41, 5.74) is 1.00. The SMILES string of the molecule is CC(CN1C(=O)C2(CC2)NC1c1ccsc1)N(C)C1CC1. The number of hydrogen-bond acceptors (Lipinski definition) is 4. The van der Waals surface area contributed by atoms with Crippen LogP contribution < -0.4 is 5.32 Å². The van der Waals surface area contributed by atoms with Gasteiger partial charge in [0.2, 0.25) is 5.91 Å². The van der Waals surface area contributed by atoms with Gasteiger partial charge in [-0.25, -0.2) is 0 Å². The minimum absolute atomic E-state index is 0.0707. The zero-order valence-corrected chi connectivity index (χ0v) is 13.5. The van der Waals surface area contributed by atoms with E-state index in [-0.39, 0.29) is 11.7 Å². The minimum atomic E-state index is -0.232. The third-order valence-electron chi connectivity index (χ3n) is 5.28. The summed E-state index contributed by atoms with van der Waals surface area (Å²) in [7, 11) is 2.20. The first-order chi connectivity index (χ1) is 10.1. The van der Waals surface area contributed by atoms with E-state index in [1.165, 1.54) is 18.4 Å². The molecular weight excluding hydrogens is 282 g/mol. The topological polar surface area (TPSA) is 35.6 Å². The lowest BCUT2D eigenvalue weighted by atomic mass is 10.2. The van der Waals surface area contributed by atoms with E-state index >= 15 is 0 Å². The largest absolute Gasteiger partial charge is 0.320 e. The first-order valence-corrected chi connectivity index (χ1v) is 8.88. The molecule has 4 rings (SSSR count). The van der Waals surface area contributed by atoms with Crippen molar-refractivity contribution >= 4 is 17.2 Å². The second kappa shape index (κ2) is 4.80. The number of carbonyl (C=O) groups excluding carboxylic acids is 1. The molecule has 1 aromatic rings. The molecule has 4 nitrogen and oxygen atoms in total. The Balaban J connectivity index is 1.53. The maximum atomic E-state index is 12.8. The number of likely N-dealkylation sites (N-methyl/N-ethyl adjacent to an activating group) is 1. The van der Waals surface area contributed by atoms with E-state index in [9.17, 15) is 4.79 Å². The molecule has 1 aliphatic heterocycles. The van der Waals surface area contributed by atoms with Crippen molar-refractivity contribution < 1.29 is 4.79 Å². The second-order valence-electron chi connectivity index (χ2n) is 6.89. The lowest BCUT2D eigenvalue weighted by molar-refractivity contribution is -0.131. The summed E-state index contributed by atoms with van der Waals surface area (Å²) in [6.07, 6.45) is 4.68. The molecule has 1 aromatic heterocycles. The molecule has 1 saturated heterocycles. The monoisotopic (exact) mass is 305 g/mol. The Morgan fingerprint density at radius 1 is 1.52 bits per heavy atom. The first-order valence-electron chi connectivity index (χ1n) is 7.93. The van der Waals surface area contributed by atoms with Crippen molar-refractivity contribution in [3.8, 4) is 0 Å². The van der Waals surface area contributed by atoms with Gasteiger partial charge >= 0.3 is 0 Å². The highest BCUT2D eigenvalue weighted by Crippen LogP contribution is 2.46. The average molecular weight is 305 g/mol. The van der Waals surface area contributed by atoms with Crippen molar-refractivity contribution in [2.45, 2.75) is 56.4 Å². The minimum Gasteiger partial charge on any atom is -0.320 e. The normalized spacial score (nSPS) is 28.6. The molecule has 3 aliphatic rings. The zero-order chi connectivity index (χ0) is 14.6. The van der Waals surface area contributed by atoms with Gasteiger partial charge in [-0.05, 0) is 62.0 Å². The number of rotatable bonds is 5. The predicted octanol–water partition coefficient (Wildman–Crippen LogP) is 2.19. The summed E-state index contributed by atoms with van der Waals surface area (Å²) in [5.74, 6) is 0.315. The molecule has 2 aliphatic carbocycles. The van der Waals surface area contributed by atoms with E-state index in [4.69, 9.17) is 0 Å². The fourth-order valence-electron chi connectivity index (χ4n) is 3.41. The first kappa shape index (κ1) is 13.7. The third-order valence-corrected chi connectivity index (χ3v) is 5.98. The van der Waals surface area contributed by atoms with Crippen LogP contribution in [0, 0.1) is 0 Å². The van der Waals surface area contributed by atoms with Crippen LogP contribution >= 0.6 is 11.3 Å². The van der Waals surface area contributed by atoms with Gasteiger partial charge in [0.15, 0.2) is 0 Å². The van der Waals surface area contributed by atoms with Gasteiger partial charge in [0.1, 0.15) is 11.7 Å². The van der Waals surface area contributed by atoms with Gasteiger partial charge in [0, 0.05) is 18.6 Å². The molecular formula is C16H23N3OS. The fraction of sp³-hybridized carbons (Fsp3) is 0.688. The Kier molecular flexibility index (Phi) is 3.14. The highest BCUT2D eigenvalue weighted by atomic mass is 32.1. The Morgan fingerprint density at radius 3 is 2.86 bits per heavy atom. The molecule has 0 radical (unpaired) electrons. The van der Waals surface area contributed by atoms with Crippen LogP contribution in [0.5, 0.6) is 0 Å². The van der Waals surface area contributed by atoms with E-state index in [0.29, 0.717) is 11.9 Å². The van der Waals surface area contributed by atoms with E-state index in [0.717, 1.165) is 25.4 Å². The van der Waals surface area contributed by atoms with E-state index in [2.05, 4.69) is 45.9 Å². The van der Waals surface area contributed by atoms with Crippen molar-refractivity contribution in [3.05, 3.63) is 22.4 Å². The quantitative estimate of drug-likeness (QED) is 0.906. The molecule has 1 spiro atoms. The number of nitrogens with one attached hydrogen (secondary N) is 1. The van der Waals surface area contributed by atoms with Crippen LogP contribution in [0.1, 0.15) is 44.3 Å². The molecule has 2 atom stereocenters. The highest BCUT2D eigenvalue weighted by Gasteiger charge is 2.59. The third kappa shape index (κ3) is 2.31. The summed E-state index contributed by atoms with van der Waals surface area (Å²) in [4.78, 5) is 17.3. The van der Waals surface area contributed by atoms with Crippen LogP contribution in [0.4, 0.5) is 0 Å². The molecule has 3 fully saturated rings. The van der Waals surface area contributed by atoms with E-state index < -0.39 is 0 Å².